The van der Waals surface area contributed by atoms with E-state index in [1.807, 2.05) is 14.1 Å². The molecule has 2 heterocycles. The van der Waals surface area contributed by atoms with Gasteiger partial charge in [0.05, 0.1) is 11.2 Å². The van der Waals surface area contributed by atoms with Crippen LogP contribution >= 0.6 is 11.6 Å². The number of nitrogens with one attached hydrogen (secondary N) is 2. The fourth-order valence-electron chi connectivity index (χ4n) is 3.73. The SMILES string of the molecule is CN[C@H]1CC[C@H](N(C)c2ncc3ncnc(Nc4ccc(F)c(Cl)c4)c3n2)CC1. The molecule has 2 N–H and O–H groups in total. The quantitative estimate of drug-likeness (QED) is 0.653. The van der Waals surface area contributed by atoms with E-state index in [2.05, 4.69) is 30.5 Å². The third-order valence-electron chi connectivity index (χ3n) is 5.52. The minimum atomic E-state index is -0.469. The van der Waals surface area contributed by atoms with Crippen molar-refractivity contribution in [3.8, 4) is 0 Å². The first kappa shape index (κ1) is 19.7. The summed E-state index contributed by atoms with van der Waals surface area (Å²) in [6.07, 6.45) is 7.61. The zero-order valence-electron chi connectivity index (χ0n) is 16.4. The second-order valence-electron chi connectivity index (χ2n) is 7.29. The summed E-state index contributed by atoms with van der Waals surface area (Å²) in [4.78, 5) is 19.9. The molecular weight excluding hydrogens is 393 g/mol. The highest BCUT2D eigenvalue weighted by Gasteiger charge is 2.25. The molecule has 1 fully saturated rings. The van der Waals surface area contributed by atoms with Crippen molar-refractivity contribution in [3.63, 3.8) is 0 Å². The summed E-state index contributed by atoms with van der Waals surface area (Å²) in [7, 11) is 4.05. The van der Waals surface area contributed by atoms with Crippen molar-refractivity contribution in [2.45, 2.75) is 37.8 Å². The Morgan fingerprint density at radius 1 is 1.14 bits per heavy atom. The number of halogens is 2. The van der Waals surface area contributed by atoms with Crippen LogP contribution in [-0.2, 0) is 0 Å². The second-order valence-corrected chi connectivity index (χ2v) is 7.69. The molecule has 1 aromatic carbocycles. The Hall–Kier alpha value is -2.58. The van der Waals surface area contributed by atoms with Gasteiger partial charge in [0.1, 0.15) is 23.2 Å². The molecule has 0 spiro atoms. The van der Waals surface area contributed by atoms with E-state index < -0.39 is 5.82 Å². The van der Waals surface area contributed by atoms with Crippen LogP contribution in [0.2, 0.25) is 5.02 Å². The lowest BCUT2D eigenvalue weighted by molar-refractivity contribution is 0.349. The largest absolute Gasteiger partial charge is 0.341 e. The van der Waals surface area contributed by atoms with Crippen LogP contribution in [0.25, 0.3) is 11.0 Å². The smallest absolute Gasteiger partial charge is 0.226 e. The van der Waals surface area contributed by atoms with Gasteiger partial charge in [-0.3, -0.25) is 0 Å². The van der Waals surface area contributed by atoms with Crippen LogP contribution in [0, 0.1) is 5.82 Å². The van der Waals surface area contributed by atoms with Gasteiger partial charge in [-0.1, -0.05) is 11.6 Å². The predicted octanol–water partition coefficient (Wildman–Crippen LogP) is 3.92. The number of nitrogens with zero attached hydrogens (tertiary/aromatic N) is 5. The molecule has 2 aromatic heterocycles. The Kier molecular flexibility index (Phi) is 5.73. The van der Waals surface area contributed by atoms with Crippen LogP contribution < -0.4 is 15.5 Å². The van der Waals surface area contributed by atoms with Crippen molar-refractivity contribution >= 4 is 40.1 Å². The molecule has 1 saturated carbocycles. The highest BCUT2D eigenvalue weighted by molar-refractivity contribution is 6.31. The first-order valence-corrected chi connectivity index (χ1v) is 10.0. The van der Waals surface area contributed by atoms with Crippen LogP contribution in [-0.4, -0.2) is 46.1 Å². The van der Waals surface area contributed by atoms with Gasteiger partial charge >= 0.3 is 0 Å². The first-order chi connectivity index (χ1) is 14.0. The first-order valence-electron chi connectivity index (χ1n) is 9.65. The lowest BCUT2D eigenvalue weighted by atomic mass is 9.90. The number of fused-ring (bicyclic) bond motifs is 1. The molecule has 0 saturated heterocycles. The maximum absolute atomic E-state index is 13.4. The number of hydrogen-bond donors (Lipinski definition) is 2. The van der Waals surface area contributed by atoms with Gasteiger partial charge in [0.25, 0.3) is 0 Å². The van der Waals surface area contributed by atoms with Gasteiger partial charge in [0, 0.05) is 24.8 Å². The van der Waals surface area contributed by atoms with Gasteiger partial charge in [0.15, 0.2) is 5.82 Å². The van der Waals surface area contributed by atoms with Crippen LogP contribution in [0.3, 0.4) is 0 Å². The van der Waals surface area contributed by atoms with Crippen LogP contribution in [0.4, 0.5) is 21.8 Å². The molecule has 0 aliphatic heterocycles. The van der Waals surface area contributed by atoms with Gasteiger partial charge in [-0.15, -0.1) is 0 Å². The topological polar surface area (TPSA) is 78.9 Å². The molecule has 7 nitrogen and oxygen atoms in total. The van der Waals surface area contributed by atoms with Crippen molar-refractivity contribution in [1.29, 1.82) is 0 Å². The average Bonchev–Trinajstić information content (AvgIpc) is 2.76. The summed E-state index contributed by atoms with van der Waals surface area (Å²) < 4.78 is 13.4. The van der Waals surface area contributed by atoms with E-state index >= 15 is 0 Å². The number of rotatable bonds is 5. The molecule has 29 heavy (non-hydrogen) atoms. The molecule has 0 unspecified atom stereocenters. The van der Waals surface area contributed by atoms with E-state index in [0.29, 0.717) is 40.6 Å². The van der Waals surface area contributed by atoms with E-state index in [4.69, 9.17) is 16.6 Å². The lowest BCUT2D eigenvalue weighted by Crippen LogP contribution is -2.40. The molecule has 0 amide bonds. The Morgan fingerprint density at radius 3 is 2.66 bits per heavy atom. The van der Waals surface area contributed by atoms with Gasteiger partial charge in [-0.25, -0.2) is 24.3 Å². The van der Waals surface area contributed by atoms with Gasteiger partial charge in [-0.2, -0.15) is 0 Å². The van der Waals surface area contributed by atoms with Crippen LogP contribution in [0.1, 0.15) is 25.7 Å². The zero-order valence-corrected chi connectivity index (χ0v) is 17.1. The van der Waals surface area contributed by atoms with Gasteiger partial charge in [-0.05, 0) is 50.9 Å². The van der Waals surface area contributed by atoms with Crippen LogP contribution in [0.5, 0.6) is 0 Å². The second kappa shape index (κ2) is 8.42. The molecule has 4 rings (SSSR count). The van der Waals surface area contributed by atoms with Gasteiger partial charge in [0.2, 0.25) is 5.95 Å². The highest BCUT2D eigenvalue weighted by Crippen LogP contribution is 2.28. The molecular formula is C20H23ClFN7. The summed E-state index contributed by atoms with van der Waals surface area (Å²) >= 11 is 5.89. The molecule has 9 heteroatoms. The number of benzene rings is 1. The third-order valence-corrected chi connectivity index (χ3v) is 5.80. The predicted molar refractivity (Wildman–Crippen MR) is 113 cm³/mol. The van der Waals surface area contributed by atoms with Crippen molar-refractivity contribution in [2.24, 2.45) is 0 Å². The molecule has 1 aliphatic carbocycles. The molecule has 0 atom stereocenters. The van der Waals surface area contributed by atoms with Crippen LogP contribution in [0.15, 0.2) is 30.7 Å². The Labute approximate surface area is 173 Å². The summed E-state index contributed by atoms with van der Waals surface area (Å²) in [5.74, 6) is 0.693. The lowest BCUT2D eigenvalue weighted by Gasteiger charge is -2.34. The van der Waals surface area contributed by atoms with Crippen molar-refractivity contribution in [3.05, 3.63) is 41.6 Å². The molecule has 1 aliphatic rings. The maximum atomic E-state index is 13.4. The maximum Gasteiger partial charge on any atom is 0.226 e. The standard InChI is InChI=1S/C20H23ClFN7/c1-23-12-3-6-14(7-4-12)29(2)20-24-10-17-18(28-20)19(26-11-25-17)27-13-5-8-16(22)15(21)9-13/h5,8-12,14,23H,3-4,6-7H2,1-2H3,(H,25,26,27)/t12-,14-. The Bertz CT molecular complexity index is 1010. The highest BCUT2D eigenvalue weighted by atomic mass is 35.5. The fraction of sp³-hybridized carbons (Fsp3) is 0.400. The summed E-state index contributed by atoms with van der Waals surface area (Å²) in [6, 6.07) is 5.41. The molecule has 0 radical (unpaired) electrons. The summed E-state index contributed by atoms with van der Waals surface area (Å²) in [5.41, 5.74) is 1.86. The molecule has 3 aromatic rings. The summed E-state index contributed by atoms with van der Waals surface area (Å²) in [6.45, 7) is 0. The Balaban J connectivity index is 1.61. The fourth-order valence-corrected chi connectivity index (χ4v) is 3.91. The van der Waals surface area contributed by atoms with E-state index in [9.17, 15) is 4.39 Å². The summed E-state index contributed by atoms with van der Waals surface area (Å²) in [5, 5.41) is 6.55. The third kappa shape index (κ3) is 4.23. The van der Waals surface area contributed by atoms with Crippen molar-refractivity contribution < 1.29 is 4.39 Å². The number of aromatic nitrogens is 4. The minimum absolute atomic E-state index is 0.0422. The Morgan fingerprint density at radius 2 is 1.93 bits per heavy atom. The van der Waals surface area contributed by atoms with E-state index in [-0.39, 0.29) is 5.02 Å². The molecule has 152 valence electrons. The van der Waals surface area contributed by atoms with Gasteiger partial charge < -0.3 is 15.5 Å². The van der Waals surface area contributed by atoms with E-state index in [0.717, 1.165) is 25.7 Å². The van der Waals surface area contributed by atoms with Crippen molar-refractivity contribution in [1.82, 2.24) is 25.3 Å². The van der Waals surface area contributed by atoms with Crippen molar-refractivity contribution in [2.75, 3.05) is 24.3 Å². The van der Waals surface area contributed by atoms with E-state index in [1.165, 1.54) is 18.5 Å². The average molecular weight is 416 g/mol. The normalized spacial score (nSPS) is 19.3. The zero-order chi connectivity index (χ0) is 20.4. The number of anilines is 3. The van der Waals surface area contributed by atoms with E-state index in [1.54, 1.807) is 12.3 Å². The number of hydrogen-bond acceptors (Lipinski definition) is 7. The monoisotopic (exact) mass is 415 g/mol. The molecule has 0 bridgehead atoms. The minimum Gasteiger partial charge on any atom is -0.341 e.